The molecule has 0 atom stereocenters. The molecule has 1 aromatic carbocycles. The van der Waals surface area contributed by atoms with E-state index in [2.05, 4.69) is 20.8 Å². The molecular weight excluding hydrogens is 237 g/mol. The first-order valence-electron chi connectivity index (χ1n) is 5.44. The summed E-state index contributed by atoms with van der Waals surface area (Å²) in [4.78, 5) is 11.5. The van der Waals surface area contributed by atoms with Crippen LogP contribution in [0.25, 0.3) is 0 Å². The monoisotopic (exact) mass is 247 g/mol. The van der Waals surface area contributed by atoms with Crippen LogP contribution in [0.15, 0.2) is 29.1 Å². The number of aromatic amines is 1. The van der Waals surface area contributed by atoms with Gasteiger partial charge in [-0.25, -0.2) is 14.9 Å². The zero-order chi connectivity index (χ0) is 12.5. The summed E-state index contributed by atoms with van der Waals surface area (Å²) in [6.07, 6.45) is 0. The van der Waals surface area contributed by atoms with Crippen LogP contribution >= 0.6 is 0 Å². The Balaban J connectivity index is 1.92. The fourth-order valence-corrected chi connectivity index (χ4v) is 1.90. The van der Waals surface area contributed by atoms with Crippen molar-refractivity contribution in [3.63, 3.8) is 0 Å². The molecular formula is C11H10FN5O. The Labute approximate surface area is 101 Å². The van der Waals surface area contributed by atoms with E-state index >= 15 is 0 Å². The van der Waals surface area contributed by atoms with Crippen molar-refractivity contribution in [2.45, 2.75) is 13.1 Å². The molecule has 0 unspecified atom stereocenters. The molecule has 0 bridgehead atoms. The molecule has 18 heavy (non-hydrogen) atoms. The number of rotatable bonds is 2. The number of hydrogen-bond acceptors (Lipinski definition) is 5. The molecule has 2 aromatic rings. The lowest BCUT2D eigenvalue weighted by Gasteiger charge is -2.17. The largest absolute Gasteiger partial charge is 0.285 e. The number of hydrogen-bond donors (Lipinski definition) is 2. The molecule has 0 fully saturated rings. The van der Waals surface area contributed by atoms with Crippen LogP contribution in [-0.4, -0.2) is 15.4 Å². The highest BCUT2D eigenvalue weighted by Gasteiger charge is 2.24. The minimum absolute atomic E-state index is 0.275. The summed E-state index contributed by atoms with van der Waals surface area (Å²) in [6.45, 7) is 0.659. The van der Waals surface area contributed by atoms with Crippen molar-refractivity contribution in [1.82, 2.24) is 20.8 Å². The maximum Gasteiger partial charge on any atom is 0.273 e. The quantitative estimate of drug-likeness (QED) is 0.800. The maximum atomic E-state index is 13.5. The van der Waals surface area contributed by atoms with Gasteiger partial charge in [0.25, 0.3) is 5.56 Å². The van der Waals surface area contributed by atoms with Crippen molar-refractivity contribution >= 4 is 5.82 Å². The zero-order valence-corrected chi connectivity index (χ0v) is 9.35. The Morgan fingerprint density at radius 3 is 3.06 bits per heavy atom. The van der Waals surface area contributed by atoms with Crippen LogP contribution < -0.4 is 16.0 Å². The van der Waals surface area contributed by atoms with Crippen molar-refractivity contribution < 1.29 is 4.39 Å². The molecule has 0 spiro atoms. The lowest BCUT2D eigenvalue weighted by molar-refractivity contribution is 0.588. The van der Waals surface area contributed by atoms with Crippen molar-refractivity contribution in [2.75, 3.05) is 5.01 Å². The number of halogens is 1. The van der Waals surface area contributed by atoms with Gasteiger partial charge in [0.2, 0.25) is 0 Å². The molecule has 7 heteroatoms. The molecule has 1 aromatic heterocycles. The number of nitrogens with one attached hydrogen (secondary N) is 2. The molecule has 2 N–H and O–H groups in total. The molecule has 3 rings (SSSR count). The first kappa shape index (κ1) is 10.8. The van der Waals surface area contributed by atoms with Crippen LogP contribution in [0.5, 0.6) is 0 Å². The van der Waals surface area contributed by atoms with Gasteiger partial charge in [0.15, 0.2) is 5.82 Å². The van der Waals surface area contributed by atoms with Gasteiger partial charge in [-0.3, -0.25) is 9.80 Å². The first-order chi connectivity index (χ1) is 8.75. The SMILES string of the molecule is O=c1[nH]nnc2c1CNN2Cc1ccccc1F. The molecule has 0 saturated heterocycles. The third-order valence-electron chi connectivity index (χ3n) is 2.83. The second kappa shape index (κ2) is 4.19. The summed E-state index contributed by atoms with van der Waals surface area (Å²) in [6, 6.07) is 6.49. The predicted octanol–water partition coefficient (Wildman–Crippen LogP) is 0.329. The number of benzene rings is 1. The summed E-state index contributed by atoms with van der Waals surface area (Å²) in [5, 5.41) is 11.3. The summed E-state index contributed by atoms with van der Waals surface area (Å²) in [5.74, 6) is 0.160. The minimum atomic E-state index is -0.287. The van der Waals surface area contributed by atoms with Crippen molar-refractivity contribution in [2.24, 2.45) is 0 Å². The first-order valence-corrected chi connectivity index (χ1v) is 5.44. The Hall–Kier alpha value is -2.28. The fraction of sp³-hybridized carbons (Fsp3) is 0.182. The molecule has 0 aliphatic carbocycles. The summed E-state index contributed by atoms with van der Waals surface area (Å²) in [7, 11) is 0. The van der Waals surface area contributed by atoms with Crippen LogP contribution in [0.3, 0.4) is 0 Å². The van der Waals surface area contributed by atoms with E-state index in [4.69, 9.17) is 0 Å². The summed E-state index contributed by atoms with van der Waals surface area (Å²) in [5.41, 5.74) is 3.75. The lowest BCUT2D eigenvalue weighted by atomic mass is 10.2. The smallest absolute Gasteiger partial charge is 0.273 e. The highest BCUT2D eigenvalue weighted by Crippen LogP contribution is 2.20. The molecule has 0 amide bonds. The Bertz CT molecular complexity index is 641. The third kappa shape index (κ3) is 1.74. The maximum absolute atomic E-state index is 13.5. The van der Waals surface area contributed by atoms with E-state index in [1.807, 2.05) is 0 Å². The highest BCUT2D eigenvalue weighted by atomic mass is 19.1. The van der Waals surface area contributed by atoms with Gasteiger partial charge in [-0.05, 0) is 6.07 Å². The van der Waals surface area contributed by atoms with Crippen LogP contribution in [0.4, 0.5) is 10.2 Å². The molecule has 92 valence electrons. The zero-order valence-electron chi connectivity index (χ0n) is 9.35. The number of fused-ring (bicyclic) bond motifs is 1. The van der Waals surface area contributed by atoms with Gasteiger partial charge in [0.1, 0.15) is 5.82 Å². The van der Waals surface area contributed by atoms with Crippen molar-refractivity contribution in [3.05, 3.63) is 51.6 Å². The van der Waals surface area contributed by atoms with E-state index in [1.54, 1.807) is 23.2 Å². The fourth-order valence-electron chi connectivity index (χ4n) is 1.90. The Kier molecular flexibility index (Phi) is 2.52. The van der Waals surface area contributed by atoms with Gasteiger partial charge in [-0.15, -0.1) is 5.10 Å². The van der Waals surface area contributed by atoms with Crippen LogP contribution in [0.1, 0.15) is 11.1 Å². The van der Waals surface area contributed by atoms with Gasteiger partial charge < -0.3 is 0 Å². The van der Waals surface area contributed by atoms with Crippen LogP contribution in [0, 0.1) is 5.82 Å². The molecule has 2 heterocycles. The van der Waals surface area contributed by atoms with E-state index in [-0.39, 0.29) is 17.9 Å². The van der Waals surface area contributed by atoms with Gasteiger partial charge in [-0.2, -0.15) is 0 Å². The minimum Gasteiger partial charge on any atom is -0.285 e. The molecule has 1 aliphatic rings. The van der Waals surface area contributed by atoms with Crippen LogP contribution in [-0.2, 0) is 13.1 Å². The second-order valence-electron chi connectivity index (χ2n) is 3.96. The Morgan fingerprint density at radius 2 is 2.22 bits per heavy atom. The predicted molar refractivity (Wildman–Crippen MR) is 62.1 cm³/mol. The topological polar surface area (TPSA) is 73.9 Å². The number of hydrazine groups is 1. The standard InChI is InChI=1S/C11H10FN5O/c12-9-4-2-1-3-7(9)6-17-10-8(5-13-17)11(18)15-16-14-10/h1-4,13H,5-6H2,(H,14,15,18). The van der Waals surface area contributed by atoms with E-state index < -0.39 is 0 Å². The summed E-state index contributed by atoms with van der Waals surface area (Å²) < 4.78 is 13.5. The van der Waals surface area contributed by atoms with Gasteiger partial charge in [0.05, 0.1) is 12.1 Å². The lowest BCUT2D eigenvalue weighted by Crippen LogP contribution is -2.32. The molecule has 0 radical (unpaired) electrons. The average molecular weight is 247 g/mol. The number of nitrogens with zero attached hydrogens (tertiary/aromatic N) is 3. The van der Waals surface area contributed by atoms with E-state index in [1.165, 1.54) is 6.07 Å². The highest BCUT2D eigenvalue weighted by molar-refractivity contribution is 5.47. The Morgan fingerprint density at radius 1 is 1.39 bits per heavy atom. The van der Waals surface area contributed by atoms with Crippen molar-refractivity contribution in [1.29, 1.82) is 0 Å². The van der Waals surface area contributed by atoms with Crippen LogP contribution in [0.2, 0.25) is 0 Å². The van der Waals surface area contributed by atoms with Gasteiger partial charge in [0, 0.05) is 12.1 Å². The third-order valence-corrected chi connectivity index (χ3v) is 2.83. The second-order valence-corrected chi connectivity index (χ2v) is 3.96. The molecule has 0 saturated carbocycles. The number of aromatic nitrogens is 3. The molecule has 6 nitrogen and oxygen atoms in total. The molecule has 1 aliphatic heterocycles. The summed E-state index contributed by atoms with van der Waals surface area (Å²) >= 11 is 0. The van der Waals surface area contributed by atoms with E-state index in [9.17, 15) is 9.18 Å². The average Bonchev–Trinajstić information content (AvgIpc) is 2.77. The van der Waals surface area contributed by atoms with E-state index in [0.29, 0.717) is 23.5 Å². The number of anilines is 1. The van der Waals surface area contributed by atoms with E-state index in [0.717, 1.165) is 0 Å². The van der Waals surface area contributed by atoms with Gasteiger partial charge >= 0.3 is 0 Å². The van der Waals surface area contributed by atoms with Crippen molar-refractivity contribution in [3.8, 4) is 0 Å². The number of H-pyrrole nitrogens is 1. The normalized spacial score (nSPS) is 13.7. The van der Waals surface area contributed by atoms with Gasteiger partial charge in [-0.1, -0.05) is 23.4 Å².